The lowest BCUT2D eigenvalue weighted by Crippen LogP contribution is -2.44. The van der Waals surface area contributed by atoms with E-state index in [4.69, 9.17) is 0 Å². The van der Waals surface area contributed by atoms with Gasteiger partial charge in [0.25, 0.3) is 0 Å². The Kier molecular flexibility index (Phi) is 6.60. The predicted molar refractivity (Wildman–Crippen MR) is 93.5 cm³/mol. The fraction of sp³-hybridized carbons (Fsp3) is 0.600. The van der Waals surface area contributed by atoms with Gasteiger partial charge < -0.3 is 5.32 Å². The molecule has 1 aliphatic heterocycles. The van der Waals surface area contributed by atoms with E-state index in [-0.39, 0.29) is 0 Å². The summed E-state index contributed by atoms with van der Waals surface area (Å²) in [5, 5.41) is 5.08. The molecule has 106 valence electrons. The van der Waals surface area contributed by atoms with Crippen LogP contribution in [-0.2, 0) is 6.42 Å². The molecule has 2 rings (SSSR count). The van der Waals surface area contributed by atoms with E-state index in [0.29, 0.717) is 6.04 Å². The first-order valence-electron chi connectivity index (χ1n) is 6.89. The van der Waals surface area contributed by atoms with Gasteiger partial charge in [0.05, 0.1) is 0 Å². The van der Waals surface area contributed by atoms with Gasteiger partial charge in [0.1, 0.15) is 0 Å². The van der Waals surface area contributed by atoms with Crippen molar-refractivity contribution in [1.29, 1.82) is 0 Å². The average Bonchev–Trinajstić information content (AvgIpc) is 2.46. The van der Waals surface area contributed by atoms with Gasteiger partial charge in [-0.15, -0.1) is 0 Å². The number of nitrogens with one attached hydrogen (secondary N) is 1. The van der Waals surface area contributed by atoms with Crippen LogP contribution in [0.4, 0.5) is 0 Å². The molecule has 0 spiro atoms. The summed E-state index contributed by atoms with van der Waals surface area (Å²) in [5.41, 5.74) is 1.42. The summed E-state index contributed by atoms with van der Waals surface area (Å²) in [6.07, 6.45) is 2.40. The van der Waals surface area contributed by atoms with Gasteiger partial charge in [-0.3, -0.25) is 0 Å². The third kappa shape index (κ3) is 4.42. The summed E-state index contributed by atoms with van der Waals surface area (Å²) < 4.78 is 1.16. The van der Waals surface area contributed by atoms with Crippen molar-refractivity contribution in [3.05, 3.63) is 34.3 Å². The second-order valence-corrected chi connectivity index (χ2v) is 8.43. The first kappa shape index (κ1) is 15.7. The Balaban J connectivity index is 2.04. The molecule has 0 aliphatic carbocycles. The lowest BCUT2D eigenvalue weighted by molar-refractivity contribution is 0.517. The molecule has 0 bridgehead atoms. The molecule has 1 fully saturated rings. The molecule has 1 saturated heterocycles. The molecule has 0 amide bonds. The Hall–Kier alpha value is 0.360. The molecular weight excluding hydrogens is 338 g/mol. The third-order valence-corrected chi connectivity index (χ3v) is 7.57. The van der Waals surface area contributed by atoms with E-state index in [1.165, 1.54) is 23.5 Å². The summed E-state index contributed by atoms with van der Waals surface area (Å²) in [5.74, 6) is 2.61. The lowest BCUT2D eigenvalue weighted by Gasteiger charge is -2.36. The average molecular weight is 360 g/mol. The van der Waals surface area contributed by atoms with Gasteiger partial charge >= 0.3 is 0 Å². The van der Waals surface area contributed by atoms with Crippen LogP contribution in [0, 0.1) is 0 Å². The van der Waals surface area contributed by atoms with Crippen LogP contribution in [-0.4, -0.2) is 35.1 Å². The van der Waals surface area contributed by atoms with Crippen LogP contribution in [0.15, 0.2) is 28.7 Å². The minimum Gasteiger partial charge on any atom is -0.316 e. The van der Waals surface area contributed by atoms with E-state index in [1.54, 1.807) is 0 Å². The molecule has 1 nitrogen and oxygen atoms in total. The van der Waals surface area contributed by atoms with Crippen molar-refractivity contribution in [3.63, 3.8) is 0 Å². The van der Waals surface area contributed by atoms with Crippen LogP contribution < -0.4 is 5.32 Å². The number of hydrogen-bond donors (Lipinski definition) is 1. The molecule has 4 heteroatoms. The van der Waals surface area contributed by atoms with Crippen LogP contribution in [0.2, 0.25) is 0 Å². The van der Waals surface area contributed by atoms with Gasteiger partial charge in [-0.2, -0.15) is 23.5 Å². The molecule has 1 N–H and O–H groups in total. The zero-order valence-corrected chi connectivity index (χ0v) is 14.8. The maximum absolute atomic E-state index is 3.55. The molecule has 0 aromatic heterocycles. The van der Waals surface area contributed by atoms with Gasteiger partial charge in [0.15, 0.2) is 0 Å². The van der Waals surface area contributed by atoms with E-state index in [9.17, 15) is 0 Å². The predicted octanol–water partition coefficient (Wildman–Crippen LogP) is 4.21. The number of benzene rings is 1. The van der Waals surface area contributed by atoms with Crippen molar-refractivity contribution >= 4 is 39.5 Å². The highest BCUT2D eigenvalue weighted by atomic mass is 79.9. The summed E-state index contributed by atoms with van der Waals surface area (Å²) in [6.45, 7) is 2.32. The smallest absolute Gasteiger partial charge is 0.0323 e. The van der Waals surface area contributed by atoms with Crippen molar-refractivity contribution in [2.24, 2.45) is 0 Å². The molecule has 1 aliphatic rings. The monoisotopic (exact) mass is 359 g/mol. The second kappa shape index (κ2) is 7.96. The number of rotatable bonds is 5. The van der Waals surface area contributed by atoms with Crippen molar-refractivity contribution in [2.45, 2.75) is 36.3 Å². The summed E-state index contributed by atoms with van der Waals surface area (Å²) >= 11 is 7.82. The van der Waals surface area contributed by atoms with Crippen molar-refractivity contribution in [3.8, 4) is 0 Å². The van der Waals surface area contributed by atoms with Crippen molar-refractivity contribution in [2.75, 3.05) is 18.6 Å². The highest BCUT2D eigenvalue weighted by molar-refractivity contribution is 9.10. The topological polar surface area (TPSA) is 12.0 Å². The van der Waals surface area contributed by atoms with Crippen molar-refractivity contribution < 1.29 is 0 Å². The zero-order valence-electron chi connectivity index (χ0n) is 11.6. The molecule has 1 heterocycles. The van der Waals surface area contributed by atoms with Gasteiger partial charge in [-0.1, -0.05) is 35.0 Å². The van der Waals surface area contributed by atoms with Crippen LogP contribution in [0.25, 0.3) is 0 Å². The normalized spacial score (nSPS) is 25.2. The van der Waals surface area contributed by atoms with Crippen LogP contribution in [0.3, 0.4) is 0 Å². The van der Waals surface area contributed by atoms with Crippen LogP contribution in [0.1, 0.15) is 18.9 Å². The standard InChI is InChI=1S/C15H22BrNS2/c1-3-14-15(19-9-8-18-14)13(17-2)10-11-4-6-12(16)7-5-11/h4-7,13-15,17H,3,8-10H2,1-2H3. The highest BCUT2D eigenvalue weighted by Gasteiger charge is 2.31. The third-order valence-electron chi connectivity index (χ3n) is 3.63. The Morgan fingerprint density at radius 3 is 2.58 bits per heavy atom. The maximum atomic E-state index is 3.55. The fourth-order valence-corrected chi connectivity index (χ4v) is 6.14. The molecule has 19 heavy (non-hydrogen) atoms. The van der Waals surface area contributed by atoms with Crippen molar-refractivity contribution in [1.82, 2.24) is 5.32 Å². The molecule has 0 saturated carbocycles. The zero-order chi connectivity index (χ0) is 13.7. The number of hydrogen-bond acceptors (Lipinski definition) is 3. The van der Waals surface area contributed by atoms with E-state index in [0.717, 1.165) is 21.4 Å². The summed E-state index contributed by atoms with van der Waals surface area (Å²) in [7, 11) is 2.11. The lowest BCUT2D eigenvalue weighted by atomic mass is 10.0. The summed E-state index contributed by atoms with van der Waals surface area (Å²) in [4.78, 5) is 0. The number of thioether (sulfide) groups is 2. The molecule has 1 aromatic rings. The number of likely N-dealkylation sites (N-methyl/N-ethyl adjacent to an activating group) is 1. The first-order valence-corrected chi connectivity index (χ1v) is 9.78. The molecule has 1 aromatic carbocycles. The highest BCUT2D eigenvalue weighted by Crippen LogP contribution is 2.36. The van der Waals surface area contributed by atoms with Gasteiger partial charge in [0, 0.05) is 32.5 Å². The van der Waals surface area contributed by atoms with E-state index >= 15 is 0 Å². The second-order valence-electron chi connectivity index (χ2n) is 4.88. The first-order chi connectivity index (χ1) is 9.24. The molecule has 0 radical (unpaired) electrons. The fourth-order valence-electron chi connectivity index (χ4n) is 2.57. The van der Waals surface area contributed by atoms with Crippen LogP contribution in [0.5, 0.6) is 0 Å². The molecular formula is C15H22BrNS2. The van der Waals surface area contributed by atoms with E-state index < -0.39 is 0 Å². The Morgan fingerprint density at radius 2 is 1.95 bits per heavy atom. The Bertz CT molecular complexity index is 382. The maximum Gasteiger partial charge on any atom is 0.0323 e. The molecule has 3 atom stereocenters. The SMILES string of the molecule is CCC1SCCSC1C(Cc1ccc(Br)cc1)NC. The minimum absolute atomic E-state index is 0.573. The quantitative estimate of drug-likeness (QED) is 0.845. The van der Waals surface area contributed by atoms with Gasteiger partial charge in [-0.25, -0.2) is 0 Å². The van der Waals surface area contributed by atoms with Gasteiger partial charge in [0.2, 0.25) is 0 Å². The Morgan fingerprint density at radius 1 is 1.26 bits per heavy atom. The van der Waals surface area contributed by atoms with Gasteiger partial charge in [-0.05, 0) is 37.6 Å². The number of halogens is 1. The van der Waals surface area contributed by atoms with E-state index in [2.05, 4.69) is 83.0 Å². The Labute approximate surface area is 133 Å². The minimum atomic E-state index is 0.573. The van der Waals surface area contributed by atoms with Crippen LogP contribution >= 0.6 is 39.5 Å². The largest absolute Gasteiger partial charge is 0.316 e. The molecule has 3 unspecified atom stereocenters. The van der Waals surface area contributed by atoms with E-state index in [1.807, 2.05) is 0 Å². The summed E-state index contributed by atoms with van der Waals surface area (Å²) in [6, 6.07) is 9.32.